The molecule has 5 atom stereocenters. The number of carbonyl (C=O) groups is 9. The van der Waals surface area contributed by atoms with Gasteiger partial charge in [-0.2, -0.15) is 0 Å². The van der Waals surface area contributed by atoms with Crippen molar-refractivity contribution < 1.29 is 53.4 Å². The molecule has 4 aromatic carbocycles. The van der Waals surface area contributed by atoms with E-state index in [1.165, 1.54) is 31.3 Å². The number of carbonyl (C=O) groups excluding carboxylic acids is 8. The van der Waals surface area contributed by atoms with Crippen LogP contribution in [0.1, 0.15) is 78.9 Å². The van der Waals surface area contributed by atoms with Gasteiger partial charge in [-0.1, -0.05) is 86.5 Å². The minimum atomic E-state index is -1.74. The van der Waals surface area contributed by atoms with E-state index in [2.05, 4.69) is 42.2 Å². The molecule has 21 heteroatoms. The first-order valence-corrected chi connectivity index (χ1v) is 24.7. The van der Waals surface area contributed by atoms with Gasteiger partial charge in [0, 0.05) is 54.8 Å². The number of para-hydroxylation sites is 2. The van der Waals surface area contributed by atoms with E-state index in [4.69, 9.17) is 5.73 Å². The van der Waals surface area contributed by atoms with Crippen LogP contribution in [0.5, 0.6) is 5.75 Å². The van der Waals surface area contributed by atoms with Crippen molar-refractivity contribution >= 4 is 69.9 Å². The number of aryl methyl sites for hydroxylation is 1. The first-order chi connectivity index (χ1) is 35.9. The molecule has 21 nitrogen and oxygen atoms in total. The lowest BCUT2D eigenvalue weighted by Crippen LogP contribution is -2.59. The second-order valence-corrected chi connectivity index (χ2v) is 18.1. The number of anilines is 1. The first-order valence-electron chi connectivity index (χ1n) is 24.7. The standard InChI is InChI=1S/C54H66N10O11/c1-4-5-19-41(60-49(70)35-23-25-37(65)26-24-35)50(71)58-32-46(66)59-43(29-36-31-57-40-21-12-10-18-38(36)40)52(73)61-42(22-13-14-27-56-54(75)63-39-20-11-9-15-33(39)2)51(72)62-44(30-47(67)68)53(74)64(3)45(48(55)69)28-34-16-7-6-8-17-34/h6-12,15-18,20-21,23-26,31,41-45,57,65H,4-5,13-14,19,22,27-30,32H2,1-3H3,(H2,55,69)(H,58,71)(H,59,66)(H,60,70)(H,61,73)(H,62,72)(H,67,68)(H2,56,63,75)/t41-,42-,43-,44-,45-/m0/s1. The van der Waals surface area contributed by atoms with Gasteiger partial charge in [0.2, 0.25) is 35.4 Å². The van der Waals surface area contributed by atoms with Crippen molar-refractivity contribution in [3.63, 3.8) is 0 Å². The van der Waals surface area contributed by atoms with E-state index in [-0.39, 0.29) is 50.0 Å². The SMILES string of the molecule is CCCC[C@H](NC(=O)c1ccc(O)cc1)C(=O)NCC(=O)N[C@@H](Cc1c[nH]c2ccccc12)C(=O)N[C@@H](CCCCNC(=O)Nc1ccccc1C)C(=O)N[C@@H](CC(=O)O)C(=O)N(C)[C@@H](Cc1ccccc1)C(N)=O. The third-order valence-corrected chi connectivity index (χ3v) is 12.4. The minimum Gasteiger partial charge on any atom is -0.508 e. The summed E-state index contributed by atoms with van der Waals surface area (Å²) < 4.78 is 0. The molecule has 398 valence electrons. The molecular formula is C54H66N10O11. The molecular weight excluding hydrogens is 965 g/mol. The minimum absolute atomic E-state index is 0.00785. The monoisotopic (exact) mass is 1030 g/mol. The average molecular weight is 1030 g/mol. The van der Waals surface area contributed by atoms with Gasteiger partial charge in [-0.15, -0.1) is 0 Å². The number of amides is 9. The number of rotatable bonds is 28. The Hall–Kier alpha value is -8.75. The van der Waals surface area contributed by atoms with Crippen molar-refractivity contribution in [1.29, 1.82) is 0 Å². The van der Waals surface area contributed by atoms with Crippen LogP contribution in [0.2, 0.25) is 0 Å². The summed E-state index contributed by atoms with van der Waals surface area (Å²) in [6.45, 7) is 3.27. The molecule has 0 radical (unpaired) electrons. The smallest absolute Gasteiger partial charge is 0.319 e. The topological polar surface area (TPSA) is 323 Å². The predicted octanol–water partition coefficient (Wildman–Crippen LogP) is 3.31. The number of nitrogens with zero attached hydrogens (tertiary/aromatic N) is 1. The molecule has 0 saturated carbocycles. The van der Waals surface area contributed by atoms with Gasteiger partial charge in [0.05, 0.1) is 13.0 Å². The number of likely N-dealkylation sites (N-methyl/N-ethyl adjacent to an activating group) is 1. The zero-order chi connectivity index (χ0) is 54.4. The number of carboxylic acid groups (broad SMARTS) is 1. The Bertz CT molecular complexity index is 2790. The zero-order valence-electron chi connectivity index (χ0n) is 42.2. The van der Waals surface area contributed by atoms with Crippen molar-refractivity contribution in [1.82, 2.24) is 41.8 Å². The largest absolute Gasteiger partial charge is 0.508 e. The molecule has 0 spiro atoms. The zero-order valence-corrected chi connectivity index (χ0v) is 42.2. The number of carboxylic acids is 1. The Labute approximate surface area is 434 Å². The van der Waals surface area contributed by atoms with Crippen LogP contribution in [-0.4, -0.2) is 124 Å². The summed E-state index contributed by atoms with van der Waals surface area (Å²) in [4.78, 5) is 125. The fraction of sp³-hybridized carbons (Fsp3) is 0.352. The Morgan fingerprint density at radius 3 is 2.01 bits per heavy atom. The second kappa shape index (κ2) is 28.5. The van der Waals surface area contributed by atoms with Crippen LogP contribution < -0.4 is 43.0 Å². The highest BCUT2D eigenvalue weighted by atomic mass is 16.4. The summed E-state index contributed by atoms with van der Waals surface area (Å²) in [6, 6.07) is 21.2. The van der Waals surface area contributed by atoms with Gasteiger partial charge in [-0.25, -0.2) is 4.79 Å². The van der Waals surface area contributed by atoms with Crippen molar-refractivity contribution in [2.24, 2.45) is 5.73 Å². The molecule has 0 bridgehead atoms. The number of aromatic nitrogens is 1. The van der Waals surface area contributed by atoms with Crippen molar-refractivity contribution in [2.45, 2.75) is 102 Å². The molecule has 5 aromatic rings. The number of nitrogens with two attached hydrogens (primary N) is 1. The van der Waals surface area contributed by atoms with E-state index in [0.717, 1.165) is 21.4 Å². The van der Waals surface area contributed by atoms with Crippen molar-refractivity contribution in [3.05, 3.63) is 132 Å². The van der Waals surface area contributed by atoms with E-state index < -0.39 is 96.5 Å². The van der Waals surface area contributed by atoms with Crippen LogP contribution in [0.25, 0.3) is 10.9 Å². The number of nitrogens with one attached hydrogen (secondary N) is 8. The number of H-pyrrole nitrogens is 1. The molecule has 0 fully saturated rings. The van der Waals surface area contributed by atoms with Gasteiger partial charge < -0.3 is 63.0 Å². The van der Waals surface area contributed by atoms with E-state index in [1.807, 2.05) is 44.2 Å². The number of primary amides is 1. The Balaban J connectivity index is 1.36. The van der Waals surface area contributed by atoms with Crippen molar-refractivity contribution in [3.8, 4) is 5.75 Å². The van der Waals surface area contributed by atoms with E-state index in [1.54, 1.807) is 54.7 Å². The van der Waals surface area contributed by atoms with E-state index in [9.17, 15) is 53.4 Å². The third kappa shape index (κ3) is 17.8. The number of fused-ring (bicyclic) bond motifs is 1. The maximum Gasteiger partial charge on any atom is 0.319 e. The molecule has 1 aromatic heterocycles. The number of phenolic OH excluding ortho intramolecular Hbond substituents is 1. The Morgan fingerprint density at radius 1 is 0.680 bits per heavy atom. The van der Waals surface area contributed by atoms with Crippen LogP contribution in [0.3, 0.4) is 0 Å². The summed E-state index contributed by atoms with van der Waals surface area (Å²) in [5, 5.41) is 38.9. The molecule has 5 rings (SSSR count). The molecule has 0 saturated heterocycles. The number of aromatic amines is 1. The van der Waals surface area contributed by atoms with Crippen LogP contribution in [0.4, 0.5) is 10.5 Å². The first kappa shape index (κ1) is 57.2. The quantitative estimate of drug-likeness (QED) is 0.0323. The van der Waals surface area contributed by atoms with Crippen LogP contribution in [-0.2, 0) is 46.4 Å². The normalized spacial score (nSPS) is 12.9. The maximum atomic E-state index is 14.6. The van der Waals surface area contributed by atoms with Gasteiger partial charge >= 0.3 is 12.0 Å². The van der Waals surface area contributed by atoms with Gasteiger partial charge in [0.15, 0.2) is 0 Å². The maximum absolute atomic E-state index is 14.6. The van der Waals surface area contributed by atoms with Gasteiger partial charge in [-0.05, 0) is 85.7 Å². The van der Waals surface area contributed by atoms with E-state index >= 15 is 0 Å². The highest BCUT2D eigenvalue weighted by molar-refractivity contribution is 5.99. The number of urea groups is 1. The number of hydrogen-bond acceptors (Lipinski definition) is 10. The summed E-state index contributed by atoms with van der Waals surface area (Å²) in [5.74, 6) is -7.18. The van der Waals surface area contributed by atoms with Crippen LogP contribution in [0, 0.1) is 6.92 Å². The molecule has 9 amide bonds. The van der Waals surface area contributed by atoms with Gasteiger partial charge in [0.25, 0.3) is 5.91 Å². The Kier molecular flexibility index (Phi) is 21.7. The summed E-state index contributed by atoms with van der Waals surface area (Å²) in [7, 11) is 1.27. The second-order valence-electron chi connectivity index (χ2n) is 18.1. The molecule has 1 heterocycles. The molecule has 0 aliphatic carbocycles. The number of phenols is 1. The number of hydrogen-bond donors (Lipinski definition) is 11. The summed E-state index contributed by atoms with van der Waals surface area (Å²) in [5.41, 5.74) is 9.38. The van der Waals surface area contributed by atoms with Crippen molar-refractivity contribution in [2.75, 3.05) is 25.5 Å². The molecule has 0 unspecified atom stereocenters. The summed E-state index contributed by atoms with van der Waals surface area (Å²) >= 11 is 0. The number of aromatic hydroxyl groups is 1. The molecule has 75 heavy (non-hydrogen) atoms. The lowest BCUT2D eigenvalue weighted by molar-refractivity contribution is -0.146. The highest BCUT2D eigenvalue weighted by Crippen LogP contribution is 2.20. The van der Waals surface area contributed by atoms with Crippen LogP contribution >= 0.6 is 0 Å². The predicted molar refractivity (Wildman–Crippen MR) is 280 cm³/mol. The molecule has 12 N–H and O–H groups in total. The lowest BCUT2D eigenvalue weighted by atomic mass is 10.0. The molecule has 0 aliphatic rings. The van der Waals surface area contributed by atoms with Gasteiger partial charge in [-0.3, -0.25) is 38.4 Å². The Morgan fingerprint density at radius 2 is 1.32 bits per heavy atom. The van der Waals surface area contributed by atoms with E-state index in [0.29, 0.717) is 36.1 Å². The lowest BCUT2D eigenvalue weighted by Gasteiger charge is -2.30. The van der Waals surface area contributed by atoms with Gasteiger partial charge in [0.1, 0.15) is 36.0 Å². The highest BCUT2D eigenvalue weighted by Gasteiger charge is 2.35. The number of unbranched alkanes of at least 4 members (excludes halogenated alkanes) is 2. The third-order valence-electron chi connectivity index (χ3n) is 12.4. The molecule has 0 aliphatic heterocycles. The van der Waals surface area contributed by atoms with Crippen LogP contribution in [0.15, 0.2) is 109 Å². The number of benzene rings is 4. The fourth-order valence-corrected chi connectivity index (χ4v) is 8.21. The average Bonchev–Trinajstić information content (AvgIpc) is 3.80. The fourth-order valence-electron chi connectivity index (χ4n) is 8.21. The number of aliphatic carboxylic acids is 1. The summed E-state index contributed by atoms with van der Waals surface area (Å²) in [6.07, 6.45) is 2.54.